The second-order valence-corrected chi connectivity index (χ2v) is 6.30. The van der Waals surface area contributed by atoms with Crippen molar-refractivity contribution in [3.05, 3.63) is 65.0 Å². The Balaban J connectivity index is 1.89. The van der Waals surface area contributed by atoms with Crippen molar-refractivity contribution in [3.63, 3.8) is 0 Å². The molecule has 3 rings (SSSR count). The molecule has 2 N–H and O–H groups in total. The molecule has 0 spiro atoms. The van der Waals surface area contributed by atoms with Crippen LogP contribution >= 0.6 is 0 Å². The number of carboxylic acid groups (broad SMARTS) is 1. The Bertz CT molecular complexity index is 818. The van der Waals surface area contributed by atoms with E-state index in [9.17, 15) is 14.0 Å². The topological polar surface area (TPSA) is 66.4 Å². The quantitative estimate of drug-likeness (QED) is 0.902. The molecule has 1 unspecified atom stereocenters. The zero-order valence-corrected chi connectivity index (χ0v) is 13.3. The van der Waals surface area contributed by atoms with Gasteiger partial charge in [0, 0.05) is 0 Å². The highest BCUT2D eigenvalue weighted by Crippen LogP contribution is 2.38. The van der Waals surface area contributed by atoms with Crippen LogP contribution in [-0.2, 0) is 16.6 Å². The van der Waals surface area contributed by atoms with Crippen LogP contribution in [0.5, 0.6) is 0 Å². The van der Waals surface area contributed by atoms with Crippen LogP contribution in [0, 0.1) is 5.82 Å². The van der Waals surface area contributed by atoms with Crippen LogP contribution in [0.2, 0.25) is 0 Å². The largest absolute Gasteiger partial charge is 0.478 e. The van der Waals surface area contributed by atoms with E-state index in [1.165, 1.54) is 12.1 Å². The molecule has 1 aliphatic carbocycles. The van der Waals surface area contributed by atoms with Crippen LogP contribution in [0.4, 0.5) is 10.1 Å². The highest BCUT2D eigenvalue weighted by Gasteiger charge is 2.39. The lowest BCUT2D eigenvalue weighted by molar-refractivity contribution is -0.121. The first kappa shape index (κ1) is 16.2. The fourth-order valence-electron chi connectivity index (χ4n) is 3.29. The summed E-state index contributed by atoms with van der Waals surface area (Å²) in [6.45, 7) is 1.86. The minimum Gasteiger partial charge on any atom is -0.478 e. The van der Waals surface area contributed by atoms with E-state index in [1.807, 2.05) is 31.2 Å². The molecule has 0 fully saturated rings. The summed E-state index contributed by atoms with van der Waals surface area (Å²) in [5.74, 6) is -2.24. The standard InChI is InChI=1S/C19H18FNO3/c1-19(10-4-6-12-5-2-3-7-14(12)19)18(24)21-16-9-8-13(17(22)23)11-15(16)20/h2-3,5,7-9,11H,4,6,10H2,1H3,(H,21,24)(H,22,23). The van der Waals surface area contributed by atoms with Crippen molar-refractivity contribution in [1.82, 2.24) is 0 Å². The van der Waals surface area contributed by atoms with Crippen LogP contribution in [0.15, 0.2) is 42.5 Å². The number of anilines is 1. The molecule has 0 radical (unpaired) electrons. The van der Waals surface area contributed by atoms with E-state index in [1.54, 1.807) is 0 Å². The third-order valence-corrected chi connectivity index (χ3v) is 4.70. The Kier molecular flexibility index (Phi) is 4.09. The van der Waals surface area contributed by atoms with Gasteiger partial charge >= 0.3 is 5.97 Å². The van der Waals surface area contributed by atoms with Gasteiger partial charge in [0.15, 0.2) is 0 Å². The number of carbonyl (C=O) groups is 2. The van der Waals surface area contributed by atoms with Crippen LogP contribution in [0.25, 0.3) is 0 Å². The van der Waals surface area contributed by atoms with E-state index < -0.39 is 17.2 Å². The average Bonchev–Trinajstić information content (AvgIpc) is 2.57. The number of amides is 1. The zero-order chi connectivity index (χ0) is 17.3. The number of aryl methyl sites for hydroxylation is 1. The fourth-order valence-corrected chi connectivity index (χ4v) is 3.29. The lowest BCUT2D eigenvalue weighted by atomic mass is 9.70. The third kappa shape index (κ3) is 2.77. The van der Waals surface area contributed by atoms with Crippen molar-refractivity contribution >= 4 is 17.6 Å². The molecule has 0 heterocycles. The molecule has 1 atom stereocenters. The third-order valence-electron chi connectivity index (χ3n) is 4.70. The number of halogens is 1. The molecule has 4 nitrogen and oxygen atoms in total. The molecule has 0 bridgehead atoms. The first-order valence-corrected chi connectivity index (χ1v) is 7.84. The van der Waals surface area contributed by atoms with Gasteiger partial charge in [0.2, 0.25) is 5.91 Å². The summed E-state index contributed by atoms with van der Waals surface area (Å²) < 4.78 is 14.1. The molecule has 0 aromatic heterocycles. The maximum absolute atomic E-state index is 14.1. The average molecular weight is 327 g/mol. The predicted octanol–water partition coefficient (Wildman–Crippen LogP) is 3.76. The lowest BCUT2D eigenvalue weighted by Gasteiger charge is -2.34. The summed E-state index contributed by atoms with van der Waals surface area (Å²) in [6, 6.07) is 11.3. The molecule has 24 heavy (non-hydrogen) atoms. The Morgan fingerprint density at radius 1 is 1.21 bits per heavy atom. The summed E-state index contributed by atoms with van der Waals surface area (Å²) >= 11 is 0. The van der Waals surface area contributed by atoms with Gasteiger partial charge in [-0.05, 0) is 55.5 Å². The van der Waals surface area contributed by atoms with Gasteiger partial charge in [-0.25, -0.2) is 9.18 Å². The van der Waals surface area contributed by atoms with Crippen molar-refractivity contribution in [2.24, 2.45) is 0 Å². The number of aromatic carboxylic acids is 1. The molecular weight excluding hydrogens is 309 g/mol. The summed E-state index contributed by atoms with van der Waals surface area (Å²) in [6.07, 6.45) is 2.51. The minimum atomic E-state index is -1.21. The Morgan fingerprint density at radius 3 is 2.67 bits per heavy atom. The van der Waals surface area contributed by atoms with E-state index in [-0.39, 0.29) is 17.2 Å². The van der Waals surface area contributed by atoms with E-state index >= 15 is 0 Å². The lowest BCUT2D eigenvalue weighted by Crippen LogP contribution is -2.40. The normalized spacial score (nSPS) is 19.4. The van der Waals surface area contributed by atoms with Crippen molar-refractivity contribution < 1.29 is 19.1 Å². The van der Waals surface area contributed by atoms with Gasteiger partial charge in [0.1, 0.15) is 5.82 Å². The maximum Gasteiger partial charge on any atom is 0.335 e. The minimum absolute atomic E-state index is 0.00530. The number of hydrogen-bond acceptors (Lipinski definition) is 2. The molecule has 124 valence electrons. The molecule has 0 saturated heterocycles. The number of carbonyl (C=O) groups excluding carboxylic acids is 1. The number of rotatable bonds is 3. The summed E-state index contributed by atoms with van der Waals surface area (Å²) in [5.41, 5.74) is 1.22. The van der Waals surface area contributed by atoms with Gasteiger partial charge < -0.3 is 10.4 Å². The van der Waals surface area contributed by atoms with Crippen LogP contribution in [-0.4, -0.2) is 17.0 Å². The monoisotopic (exact) mass is 327 g/mol. The smallest absolute Gasteiger partial charge is 0.335 e. The second kappa shape index (κ2) is 6.07. The van der Waals surface area contributed by atoms with Crippen molar-refractivity contribution in [2.45, 2.75) is 31.6 Å². The molecule has 0 saturated carbocycles. The van der Waals surface area contributed by atoms with Gasteiger partial charge in [-0.1, -0.05) is 24.3 Å². The fraction of sp³-hybridized carbons (Fsp3) is 0.263. The van der Waals surface area contributed by atoms with Crippen LogP contribution in [0.3, 0.4) is 0 Å². The van der Waals surface area contributed by atoms with Crippen LogP contribution in [0.1, 0.15) is 41.3 Å². The van der Waals surface area contributed by atoms with Gasteiger partial charge in [-0.2, -0.15) is 0 Å². The molecule has 2 aromatic carbocycles. The number of hydrogen-bond donors (Lipinski definition) is 2. The van der Waals surface area contributed by atoms with Gasteiger partial charge in [-0.3, -0.25) is 4.79 Å². The molecule has 1 aliphatic rings. The molecular formula is C19H18FNO3. The molecule has 1 amide bonds. The molecule has 5 heteroatoms. The molecule has 0 aliphatic heterocycles. The van der Waals surface area contributed by atoms with Crippen molar-refractivity contribution in [3.8, 4) is 0 Å². The number of nitrogens with one attached hydrogen (secondary N) is 1. The second-order valence-electron chi connectivity index (χ2n) is 6.30. The van der Waals surface area contributed by atoms with Gasteiger partial charge in [0.25, 0.3) is 0 Å². The Labute approximate surface area is 139 Å². The predicted molar refractivity (Wildman–Crippen MR) is 88.7 cm³/mol. The van der Waals surface area contributed by atoms with E-state index in [0.717, 1.165) is 30.0 Å². The van der Waals surface area contributed by atoms with Gasteiger partial charge in [0.05, 0.1) is 16.7 Å². The van der Waals surface area contributed by atoms with Crippen molar-refractivity contribution in [1.29, 1.82) is 0 Å². The number of carboxylic acids is 1. The Hall–Kier alpha value is -2.69. The van der Waals surface area contributed by atoms with Crippen LogP contribution < -0.4 is 5.32 Å². The van der Waals surface area contributed by atoms with Crippen molar-refractivity contribution in [2.75, 3.05) is 5.32 Å². The summed E-state index contributed by atoms with van der Waals surface area (Å²) in [7, 11) is 0. The van der Waals surface area contributed by atoms with E-state index in [0.29, 0.717) is 6.42 Å². The van der Waals surface area contributed by atoms with E-state index in [4.69, 9.17) is 5.11 Å². The SMILES string of the molecule is CC1(C(=O)Nc2ccc(C(=O)O)cc2F)CCCc2ccccc21. The highest BCUT2D eigenvalue weighted by atomic mass is 19.1. The summed E-state index contributed by atoms with van der Waals surface area (Å²) in [5, 5.41) is 11.5. The summed E-state index contributed by atoms with van der Waals surface area (Å²) in [4.78, 5) is 23.7. The highest BCUT2D eigenvalue weighted by molar-refractivity contribution is 5.99. The first-order valence-electron chi connectivity index (χ1n) is 7.84. The molecule has 2 aromatic rings. The zero-order valence-electron chi connectivity index (χ0n) is 13.3. The first-order chi connectivity index (χ1) is 11.4. The maximum atomic E-state index is 14.1. The van der Waals surface area contributed by atoms with Gasteiger partial charge in [-0.15, -0.1) is 0 Å². The van der Waals surface area contributed by atoms with E-state index in [2.05, 4.69) is 5.32 Å². The number of fused-ring (bicyclic) bond motifs is 1. The Morgan fingerprint density at radius 2 is 1.96 bits per heavy atom. The number of benzene rings is 2.